The van der Waals surface area contributed by atoms with Crippen LogP contribution in [-0.4, -0.2) is 24.9 Å². The lowest BCUT2D eigenvalue weighted by molar-refractivity contribution is 0.125. The zero-order valence-electron chi connectivity index (χ0n) is 11.5. The first-order valence-corrected chi connectivity index (χ1v) is 7.39. The van der Waals surface area contributed by atoms with Crippen molar-refractivity contribution in [2.75, 3.05) is 19.8 Å². The van der Waals surface area contributed by atoms with Crippen LogP contribution in [0.25, 0.3) is 0 Å². The van der Waals surface area contributed by atoms with Crippen molar-refractivity contribution < 1.29 is 9.84 Å². The zero-order valence-corrected chi connectivity index (χ0v) is 11.5. The number of ether oxygens (including phenoxy) is 1. The fourth-order valence-electron chi connectivity index (χ4n) is 1.86. The summed E-state index contributed by atoms with van der Waals surface area (Å²) in [4.78, 5) is 0. The van der Waals surface area contributed by atoms with Crippen LogP contribution in [0.3, 0.4) is 0 Å². The topological polar surface area (TPSA) is 29.5 Å². The van der Waals surface area contributed by atoms with Crippen LogP contribution < -0.4 is 0 Å². The van der Waals surface area contributed by atoms with Crippen LogP contribution in [-0.2, 0) is 4.74 Å². The van der Waals surface area contributed by atoms with Gasteiger partial charge in [-0.15, -0.1) is 0 Å². The van der Waals surface area contributed by atoms with Gasteiger partial charge in [0.05, 0.1) is 0 Å². The van der Waals surface area contributed by atoms with E-state index in [2.05, 4.69) is 6.92 Å². The van der Waals surface area contributed by atoms with E-state index in [1.54, 1.807) is 0 Å². The molecule has 0 heterocycles. The van der Waals surface area contributed by atoms with Gasteiger partial charge in [-0.2, -0.15) is 0 Å². The van der Waals surface area contributed by atoms with Crippen molar-refractivity contribution in [3.8, 4) is 0 Å². The standard InChI is InChI=1S/C15H31O2/c1-2-3-4-5-6-8-11-14-17-15-12-9-7-10-13-16/h16H,1-15H2. The molecule has 0 bridgehead atoms. The van der Waals surface area contributed by atoms with E-state index < -0.39 is 0 Å². The molecular formula is C15H31O2. The molecule has 0 atom stereocenters. The number of aliphatic hydroxyl groups is 1. The molecule has 2 nitrogen and oxygen atoms in total. The van der Waals surface area contributed by atoms with Crippen molar-refractivity contribution in [3.05, 3.63) is 6.92 Å². The molecule has 0 aromatic rings. The van der Waals surface area contributed by atoms with Crippen molar-refractivity contribution in [2.45, 2.75) is 70.6 Å². The molecule has 0 fully saturated rings. The van der Waals surface area contributed by atoms with E-state index in [-0.39, 0.29) is 0 Å². The van der Waals surface area contributed by atoms with Crippen molar-refractivity contribution in [1.29, 1.82) is 0 Å². The van der Waals surface area contributed by atoms with E-state index >= 15 is 0 Å². The van der Waals surface area contributed by atoms with E-state index in [4.69, 9.17) is 9.84 Å². The Morgan fingerprint density at radius 1 is 0.647 bits per heavy atom. The van der Waals surface area contributed by atoms with Gasteiger partial charge >= 0.3 is 0 Å². The fourth-order valence-corrected chi connectivity index (χ4v) is 1.86. The summed E-state index contributed by atoms with van der Waals surface area (Å²) in [7, 11) is 0. The fraction of sp³-hybridized carbons (Fsp3) is 0.933. The van der Waals surface area contributed by atoms with Crippen molar-refractivity contribution in [3.63, 3.8) is 0 Å². The highest BCUT2D eigenvalue weighted by atomic mass is 16.5. The van der Waals surface area contributed by atoms with E-state index in [0.29, 0.717) is 6.61 Å². The number of aliphatic hydroxyl groups excluding tert-OH is 1. The summed E-state index contributed by atoms with van der Waals surface area (Å²) in [6.45, 7) is 6.00. The van der Waals surface area contributed by atoms with E-state index in [9.17, 15) is 0 Å². The highest BCUT2D eigenvalue weighted by molar-refractivity contribution is 4.47. The van der Waals surface area contributed by atoms with Crippen LogP contribution >= 0.6 is 0 Å². The lowest BCUT2D eigenvalue weighted by Crippen LogP contribution is -1.97. The normalized spacial score (nSPS) is 10.9. The molecule has 1 radical (unpaired) electrons. The molecule has 0 saturated carbocycles. The van der Waals surface area contributed by atoms with Gasteiger partial charge in [-0.05, 0) is 19.3 Å². The maximum atomic E-state index is 8.61. The third kappa shape index (κ3) is 15.9. The van der Waals surface area contributed by atoms with Crippen molar-refractivity contribution in [1.82, 2.24) is 0 Å². The highest BCUT2D eigenvalue weighted by Crippen LogP contribution is 2.07. The number of rotatable bonds is 14. The Morgan fingerprint density at radius 2 is 1.12 bits per heavy atom. The van der Waals surface area contributed by atoms with E-state index in [1.807, 2.05) is 0 Å². The molecule has 17 heavy (non-hydrogen) atoms. The van der Waals surface area contributed by atoms with Gasteiger partial charge in [0.15, 0.2) is 0 Å². The van der Waals surface area contributed by atoms with Crippen LogP contribution in [0.15, 0.2) is 0 Å². The second-order valence-corrected chi connectivity index (χ2v) is 4.73. The van der Waals surface area contributed by atoms with Crippen LogP contribution in [0.2, 0.25) is 0 Å². The van der Waals surface area contributed by atoms with Gasteiger partial charge in [0.2, 0.25) is 0 Å². The van der Waals surface area contributed by atoms with Crippen LogP contribution in [0.5, 0.6) is 0 Å². The SMILES string of the molecule is [CH2]CCCCCCCCOCCCCCCO. The monoisotopic (exact) mass is 243 g/mol. The molecule has 0 saturated heterocycles. The summed E-state index contributed by atoms with van der Waals surface area (Å²) in [6, 6.07) is 0. The average Bonchev–Trinajstić information content (AvgIpc) is 2.35. The Kier molecular flexibility index (Phi) is 15.8. The number of unbranched alkanes of at least 4 members (excludes halogenated alkanes) is 9. The molecular weight excluding hydrogens is 212 g/mol. The van der Waals surface area contributed by atoms with Crippen molar-refractivity contribution >= 4 is 0 Å². The minimum Gasteiger partial charge on any atom is -0.396 e. The number of hydrogen-bond acceptors (Lipinski definition) is 2. The van der Waals surface area contributed by atoms with Gasteiger partial charge < -0.3 is 9.84 Å². The summed E-state index contributed by atoms with van der Waals surface area (Å²) < 4.78 is 5.57. The molecule has 0 aromatic carbocycles. The molecule has 0 unspecified atom stereocenters. The largest absolute Gasteiger partial charge is 0.396 e. The van der Waals surface area contributed by atoms with Crippen LogP contribution in [0, 0.1) is 6.92 Å². The molecule has 0 rings (SSSR count). The lowest BCUT2D eigenvalue weighted by Gasteiger charge is -2.04. The first-order chi connectivity index (χ1) is 8.41. The summed E-state index contributed by atoms with van der Waals surface area (Å²) in [5.41, 5.74) is 0. The molecule has 0 aliphatic heterocycles. The Balaban J connectivity index is 2.85. The summed E-state index contributed by atoms with van der Waals surface area (Å²) in [5.74, 6) is 0. The smallest absolute Gasteiger partial charge is 0.0466 e. The second-order valence-electron chi connectivity index (χ2n) is 4.73. The average molecular weight is 243 g/mol. The first kappa shape index (κ1) is 16.9. The first-order valence-electron chi connectivity index (χ1n) is 7.39. The quantitative estimate of drug-likeness (QED) is 0.465. The number of hydrogen-bond donors (Lipinski definition) is 1. The van der Waals surface area contributed by atoms with Gasteiger partial charge in [0.1, 0.15) is 0 Å². The Labute approximate surface area is 108 Å². The predicted molar refractivity (Wildman–Crippen MR) is 74.0 cm³/mol. The third-order valence-electron chi connectivity index (χ3n) is 2.99. The van der Waals surface area contributed by atoms with Gasteiger partial charge in [-0.25, -0.2) is 0 Å². The third-order valence-corrected chi connectivity index (χ3v) is 2.99. The molecule has 1 N–H and O–H groups in total. The summed E-state index contributed by atoms with van der Waals surface area (Å²) >= 11 is 0. The molecule has 0 spiro atoms. The molecule has 2 heteroatoms. The zero-order chi connectivity index (χ0) is 12.6. The molecule has 0 aromatic heterocycles. The minimum atomic E-state index is 0.328. The summed E-state index contributed by atoms with van der Waals surface area (Å²) in [5, 5.41) is 8.61. The van der Waals surface area contributed by atoms with Crippen LogP contribution in [0.4, 0.5) is 0 Å². The summed E-state index contributed by atoms with van der Waals surface area (Å²) in [6.07, 6.45) is 13.3. The van der Waals surface area contributed by atoms with Gasteiger partial charge in [-0.1, -0.05) is 58.3 Å². The van der Waals surface area contributed by atoms with Crippen molar-refractivity contribution in [2.24, 2.45) is 0 Å². The van der Waals surface area contributed by atoms with E-state index in [1.165, 1.54) is 44.9 Å². The predicted octanol–water partition coefficient (Wildman–Crippen LogP) is 4.12. The maximum absolute atomic E-state index is 8.61. The van der Waals surface area contributed by atoms with Gasteiger partial charge in [0, 0.05) is 19.8 Å². The Bertz CT molecular complexity index is 112. The van der Waals surface area contributed by atoms with Gasteiger partial charge in [0.25, 0.3) is 0 Å². The Morgan fingerprint density at radius 3 is 1.65 bits per heavy atom. The maximum Gasteiger partial charge on any atom is 0.0466 e. The molecule has 0 aliphatic carbocycles. The Hall–Kier alpha value is -0.0800. The van der Waals surface area contributed by atoms with Crippen LogP contribution in [0.1, 0.15) is 70.6 Å². The highest BCUT2D eigenvalue weighted by Gasteiger charge is 1.93. The minimum absolute atomic E-state index is 0.328. The molecule has 0 amide bonds. The molecule has 0 aliphatic rings. The van der Waals surface area contributed by atoms with Gasteiger partial charge in [-0.3, -0.25) is 0 Å². The molecule has 103 valence electrons. The second kappa shape index (κ2) is 15.9. The lowest BCUT2D eigenvalue weighted by atomic mass is 10.1. The van der Waals surface area contributed by atoms with E-state index in [0.717, 1.165) is 38.9 Å².